The third-order valence-corrected chi connectivity index (χ3v) is 14.5. The molecule has 1 aliphatic heterocycles. The predicted molar refractivity (Wildman–Crippen MR) is 234 cm³/mol. The molecular weight excluding hydrogens is 781 g/mol. The molecule has 14 heteroatoms. The maximum atomic E-state index is 14.3. The van der Waals surface area contributed by atoms with E-state index in [9.17, 15) is 24.6 Å². The summed E-state index contributed by atoms with van der Waals surface area (Å²) in [6.07, 6.45) is 0.608. The number of aliphatic hydroxyl groups excluding tert-OH is 2. The molecule has 0 spiro atoms. The molecule has 60 heavy (non-hydrogen) atoms. The minimum atomic E-state index is -0.931. The standard InChI is InChI=1S/C46H60N6O7S/c1-25-33-20-30(46(33,3)4)21-35(25)48-44(56)41-40(26(2)54)37(24-53)59-52(41)23-27-13-12-14-32(42(27)58-9)28-17-29(19-31(18-28)50(5)6)43(55)49-36(45(57)51(7)8)22-39-47-34-15-10-11-16-38(34)60-39/h10-19,25-26,30,33,35-37,40-41,53-54H,20-24H2,1-9H3,(H,48,56)(H,49,55)/t25-,26-,30+,33+,35-,36+,37-,40+,41-/m0/s1. The molecule has 4 aromatic rings. The monoisotopic (exact) mass is 840 g/mol. The lowest BCUT2D eigenvalue weighted by molar-refractivity contribution is -0.183. The van der Waals surface area contributed by atoms with Crippen LogP contribution in [0, 0.1) is 29.1 Å². The number of nitrogens with one attached hydrogen (secondary N) is 2. The lowest BCUT2D eigenvalue weighted by Crippen LogP contribution is -2.62. The van der Waals surface area contributed by atoms with Crippen molar-refractivity contribution in [2.75, 3.05) is 46.8 Å². The van der Waals surface area contributed by atoms with Crippen LogP contribution >= 0.6 is 11.3 Å². The Labute approximate surface area is 357 Å². The van der Waals surface area contributed by atoms with Gasteiger partial charge in [0.25, 0.3) is 5.91 Å². The van der Waals surface area contributed by atoms with Gasteiger partial charge < -0.3 is 35.4 Å². The van der Waals surface area contributed by atoms with E-state index in [1.807, 2.05) is 67.5 Å². The molecule has 13 nitrogen and oxygen atoms in total. The van der Waals surface area contributed by atoms with E-state index in [1.54, 1.807) is 45.3 Å². The summed E-state index contributed by atoms with van der Waals surface area (Å²) in [7, 11) is 8.70. The Hall–Kier alpha value is -4.60. The molecule has 322 valence electrons. The summed E-state index contributed by atoms with van der Waals surface area (Å²) in [4.78, 5) is 56.4. The van der Waals surface area contributed by atoms with Gasteiger partial charge in [-0.2, -0.15) is 5.06 Å². The molecule has 4 N–H and O–H groups in total. The zero-order chi connectivity index (χ0) is 43.2. The van der Waals surface area contributed by atoms with Crippen LogP contribution in [0.25, 0.3) is 21.3 Å². The molecule has 3 aliphatic carbocycles. The molecular formula is C46H60N6O7S. The molecule has 9 atom stereocenters. The molecule has 1 aromatic heterocycles. The van der Waals surface area contributed by atoms with Crippen molar-refractivity contribution in [2.45, 2.75) is 83.8 Å². The molecule has 3 aromatic carbocycles. The topological polar surface area (TPSA) is 157 Å². The third kappa shape index (κ3) is 8.36. The van der Waals surface area contributed by atoms with Crippen LogP contribution in [0.2, 0.25) is 0 Å². The van der Waals surface area contributed by atoms with E-state index in [0.717, 1.165) is 27.3 Å². The second kappa shape index (κ2) is 17.4. The number of hydroxylamine groups is 2. The fourth-order valence-corrected chi connectivity index (χ4v) is 10.9. The Morgan fingerprint density at radius 3 is 2.45 bits per heavy atom. The second-order valence-electron chi connectivity index (χ2n) is 17.9. The van der Waals surface area contributed by atoms with Gasteiger partial charge in [-0.3, -0.25) is 19.2 Å². The highest BCUT2D eigenvalue weighted by atomic mass is 32.1. The summed E-state index contributed by atoms with van der Waals surface area (Å²) < 4.78 is 7.11. The third-order valence-electron chi connectivity index (χ3n) is 13.5. The number of hydrogen-bond acceptors (Lipinski definition) is 11. The molecule has 0 unspecified atom stereocenters. The van der Waals surface area contributed by atoms with Crippen molar-refractivity contribution in [1.82, 2.24) is 25.6 Å². The Balaban J connectivity index is 1.17. The Morgan fingerprint density at radius 1 is 1.07 bits per heavy atom. The van der Waals surface area contributed by atoms with Crippen molar-refractivity contribution in [1.29, 1.82) is 0 Å². The van der Waals surface area contributed by atoms with Gasteiger partial charge in [-0.25, -0.2) is 4.98 Å². The summed E-state index contributed by atoms with van der Waals surface area (Å²) >= 11 is 1.50. The van der Waals surface area contributed by atoms with Gasteiger partial charge in [0.05, 0.1) is 41.6 Å². The second-order valence-corrected chi connectivity index (χ2v) is 19.0. The number of ether oxygens (including phenoxy) is 1. The number of benzene rings is 3. The van der Waals surface area contributed by atoms with Gasteiger partial charge in [-0.1, -0.05) is 51.1 Å². The lowest BCUT2D eigenvalue weighted by atomic mass is 9.45. The van der Waals surface area contributed by atoms with Gasteiger partial charge in [-0.05, 0) is 78.8 Å². The van der Waals surface area contributed by atoms with Crippen LogP contribution in [0.3, 0.4) is 0 Å². The Kier molecular flexibility index (Phi) is 12.6. The summed E-state index contributed by atoms with van der Waals surface area (Å²) in [5, 5.41) is 30.1. The van der Waals surface area contributed by atoms with E-state index in [2.05, 4.69) is 31.4 Å². The minimum absolute atomic E-state index is 0.0101. The van der Waals surface area contributed by atoms with Crippen LogP contribution in [0.4, 0.5) is 5.69 Å². The highest BCUT2D eigenvalue weighted by molar-refractivity contribution is 7.18. The van der Waals surface area contributed by atoms with Crippen LogP contribution in [-0.4, -0.2) is 115 Å². The maximum absolute atomic E-state index is 14.3. The highest BCUT2D eigenvalue weighted by Gasteiger charge is 2.57. The van der Waals surface area contributed by atoms with Crippen LogP contribution in [0.1, 0.15) is 61.5 Å². The van der Waals surface area contributed by atoms with Crippen LogP contribution < -0.4 is 20.3 Å². The molecule has 8 rings (SSSR count). The van der Waals surface area contributed by atoms with Gasteiger partial charge in [0.2, 0.25) is 11.8 Å². The predicted octanol–water partition coefficient (Wildman–Crippen LogP) is 5.13. The molecule has 4 aliphatic rings. The van der Waals surface area contributed by atoms with Crippen LogP contribution in [0.15, 0.2) is 60.7 Å². The maximum Gasteiger partial charge on any atom is 0.252 e. The van der Waals surface area contributed by atoms with Crippen LogP contribution in [0.5, 0.6) is 5.75 Å². The summed E-state index contributed by atoms with van der Waals surface area (Å²) in [5.41, 5.74) is 4.33. The number of methoxy groups -OCH3 is 1. The number of nitrogens with zero attached hydrogens (tertiary/aromatic N) is 4. The number of rotatable bonds is 14. The van der Waals surface area contributed by atoms with Crippen molar-refractivity contribution in [3.8, 4) is 16.9 Å². The molecule has 3 amide bonds. The normalized spacial score (nSPS) is 25.6. The Morgan fingerprint density at radius 2 is 1.82 bits per heavy atom. The van der Waals surface area contributed by atoms with Crippen LogP contribution in [-0.2, 0) is 27.4 Å². The molecule has 2 heterocycles. The number of aliphatic hydroxyl groups is 2. The van der Waals surface area contributed by atoms with E-state index < -0.39 is 36.1 Å². The first-order chi connectivity index (χ1) is 28.5. The highest BCUT2D eigenvalue weighted by Crippen LogP contribution is 2.61. The molecule has 0 radical (unpaired) electrons. The van der Waals surface area contributed by atoms with Gasteiger partial charge in [0, 0.05) is 68.9 Å². The average Bonchev–Trinajstić information content (AvgIpc) is 3.81. The quantitative estimate of drug-likeness (QED) is 0.134. The summed E-state index contributed by atoms with van der Waals surface area (Å²) in [6.45, 7) is 8.26. The first-order valence-electron chi connectivity index (χ1n) is 20.9. The SMILES string of the molecule is COc1c(CN2O[C@@H](CO)[C@@H]([C@H](C)O)[C@H]2C(=O)N[C@H]2C[C@H]3C[C@H]([C@@H]2C)C3(C)C)cccc1-c1cc(C(=O)N[C@H](Cc2nc3ccccc3s2)C(=O)N(C)C)cc(N(C)C)c1. The van der Waals surface area contributed by atoms with Crippen molar-refractivity contribution < 1.29 is 34.2 Å². The Bertz CT molecular complexity index is 2190. The minimum Gasteiger partial charge on any atom is -0.496 e. The van der Waals surface area contributed by atoms with Gasteiger partial charge >= 0.3 is 0 Å². The smallest absolute Gasteiger partial charge is 0.252 e. The molecule has 3 saturated carbocycles. The van der Waals surface area contributed by atoms with Gasteiger partial charge in [0.15, 0.2) is 0 Å². The number of anilines is 1. The first kappa shape index (κ1) is 43.5. The fraction of sp³-hybridized carbons (Fsp3) is 0.522. The van der Waals surface area contributed by atoms with E-state index in [4.69, 9.17) is 14.6 Å². The summed E-state index contributed by atoms with van der Waals surface area (Å²) in [6, 6.07) is 17.3. The molecule has 1 saturated heterocycles. The van der Waals surface area contributed by atoms with Crippen molar-refractivity contribution in [3.05, 3.63) is 76.8 Å². The fourth-order valence-electron chi connectivity index (χ4n) is 9.92. The number of amides is 3. The van der Waals surface area contributed by atoms with Crippen molar-refractivity contribution >= 4 is 45.0 Å². The summed E-state index contributed by atoms with van der Waals surface area (Å²) in [5.74, 6) is 0.345. The number of carbonyl (C=O) groups is 3. The largest absolute Gasteiger partial charge is 0.496 e. The molecule has 4 fully saturated rings. The number of fused-ring (bicyclic) bond motifs is 3. The number of likely N-dealkylation sites (N-methyl/N-ethyl adjacent to an activating group) is 1. The van der Waals surface area contributed by atoms with Gasteiger partial charge in [-0.15, -0.1) is 11.3 Å². The van der Waals surface area contributed by atoms with E-state index in [-0.39, 0.29) is 42.8 Å². The molecule has 2 bridgehead atoms. The van der Waals surface area contributed by atoms with E-state index in [1.165, 1.54) is 22.7 Å². The van der Waals surface area contributed by atoms with Crippen molar-refractivity contribution in [3.63, 3.8) is 0 Å². The number of thiazole rings is 1. The van der Waals surface area contributed by atoms with E-state index in [0.29, 0.717) is 45.8 Å². The van der Waals surface area contributed by atoms with E-state index >= 15 is 0 Å². The van der Waals surface area contributed by atoms with Crippen molar-refractivity contribution in [2.24, 2.45) is 29.1 Å². The first-order valence-corrected chi connectivity index (χ1v) is 21.7. The zero-order valence-electron chi connectivity index (χ0n) is 36.1. The van der Waals surface area contributed by atoms with Gasteiger partial charge in [0.1, 0.15) is 23.9 Å². The number of aromatic nitrogens is 1. The number of carbonyl (C=O) groups excluding carboxylic acids is 3. The lowest BCUT2D eigenvalue weighted by Gasteiger charge is -2.62. The number of para-hydroxylation sites is 2. The zero-order valence-corrected chi connectivity index (χ0v) is 37.0. The number of hydrogen-bond donors (Lipinski definition) is 4. The average molecular weight is 841 g/mol.